The Bertz CT molecular complexity index is 870. The molecule has 2 fully saturated rings. The highest BCUT2D eigenvalue weighted by Crippen LogP contribution is 2.22. The van der Waals surface area contributed by atoms with Crippen LogP contribution in [-0.4, -0.2) is 58.8 Å². The Kier molecular flexibility index (Phi) is 6.22. The molecule has 2 aliphatic heterocycles. The quantitative estimate of drug-likeness (QED) is 0.729. The number of nitrogens with zero attached hydrogens (tertiary/aromatic N) is 3. The summed E-state index contributed by atoms with van der Waals surface area (Å²) in [6.45, 7) is 2.26. The van der Waals surface area contributed by atoms with Gasteiger partial charge in [0.2, 0.25) is 11.8 Å². The van der Waals surface area contributed by atoms with E-state index >= 15 is 0 Å². The highest BCUT2D eigenvalue weighted by Gasteiger charge is 2.35. The fourth-order valence-electron chi connectivity index (χ4n) is 3.81. The molecule has 0 spiro atoms. The molecule has 0 bridgehead atoms. The summed E-state index contributed by atoms with van der Waals surface area (Å²) in [6, 6.07) is 13.3. The average molecular weight is 458 g/mol. The predicted octanol–water partition coefficient (Wildman–Crippen LogP) is 1.67. The fourth-order valence-corrected chi connectivity index (χ4v) is 4.23. The summed E-state index contributed by atoms with van der Waals surface area (Å²) in [4.78, 5) is 33.6. The number of hydrogen-bond donors (Lipinski definition) is 2. The van der Waals surface area contributed by atoms with Crippen molar-refractivity contribution in [1.29, 1.82) is 0 Å². The molecule has 7 nitrogen and oxygen atoms in total. The Morgan fingerprint density at radius 1 is 1.00 bits per heavy atom. The molecule has 1 aromatic heterocycles. The molecule has 0 aliphatic carbocycles. The zero-order valence-corrected chi connectivity index (χ0v) is 17.6. The van der Waals surface area contributed by atoms with E-state index in [1.165, 1.54) is 0 Å². The number of hydrazine groups is 1. The first kappa shape index (κ1) is 20.0. The van der Waals surface area contributed by atoms with Gasteiger partial charge in [-0.05, 0) is 30.2 Å². The van der Waals surface area contributed by atoms with Gasteiger partial charge >= 0.3 is 0 Å². The second-order valence-electron chi connectivity index (χ2n) is 7.36. The molecule has 2 unspecified atom stereocenters. The maximum Gasteiger partial charge on any atom is 0.241 e. The molecule has 2 amide bonds. The third kappa shape index (κ3) is 4.66. The molecule has 2 aromatic rings. The number of amides is 2. The van der Waals surface area contributed by atoms with Crippen LogP contribution in [-0.2, 0) is 16.0 Å². The lowest BCUT2D eigenvalue weighted by molar-refractivity contribution is -0.140. The molecular weight excluding hydrogens is 434 g/mol. The molecule has 2 aliphatic rings. The van der Waals surface area contributed by atoms with Crippen LogP contribution in [0.3, 0.4) is 0 Å². The van der Waals surface area contributed by atoms with Gasteiger partial charge in [0.15, 0.2) is 0 Å². The number of aromatic nitrogens is 1. The van der Waals surface area contributed by atoms with E-state index < -0.39 is 0 Å². The Hall–Kier alpha value is -2.29. The summed E-state index contributed by atoms with van der Waals surface area (Å²) in [5.41, 5.74) is 8.19. The number of pyridine rings is 1. The Balaban J connectivity index is 1.28. The number of benzene rings is 1. The topological polar surface area (TPSA) is 77.6 Å². The van der Waals surface area contributed by atoms with Crippen LogP contribution in [0.5, 0.6) is 0 Å². The molecule has 8 heteroatoms. The first-order valence-corrected chi connectivity index (χ1v) is 10.6. The number of carbonyl (C=O) groups is 2. The van der Waals surface area contributed by atoms with Gasteiger partial charge in [-0.15, -0.1) is 0 Å². The van der Waals surface area contributed by atoms with Crippen LogP contribution in [0, 0.1) is 0 Å². The summed E-state index contributed by atoms with van der Waals surface area (Å²) in [7, 11) is 0. The Morgan fingerprint density at radius 2 is 1.72 bits per heavy atom. The van der Waals surface area contributed by atoms with Crippen molar-refractivity contribution in [3.63, 3.8) is 0 Å². The minimum absolute atomic E-state index is 0.0253. The second kappa shape index (κ2) is 9.02. The van der Waals surface area contributed by atoms with Gasteiger partial charge in [-0.1, -0.05) is 40.2 Å². The lowest BCUT2D eigenvalue weighted by Crippen LogP contribution is -2.55. The maximum atomic E-state index is 12.9. The smallest absolute Gasteiger partial charge is 0.241 e. The van der Waals surface area contributed by atoms with Crippen molar-refractivity contribution >= 4 is 27.7 Å². The minimum Gasteiger partial charge on any atom is -0.339 e. The number of carbonyl (C=O) groups excluding carboxylic acids is 2. The molecule has 4 rings (SSSR count). The standard InChI is InChI=1S/C21H24BrN5O2/c22-16-6-2-1-5-15(16)13-20(28)26-9-11-27(12-10-26)21(29)19-14-18(24-25-19)17-7-3-4-8-23-17/h1-8,18-19,24-25H,9-14H2. The first-order chi connectivity index (χ1) is 14.1. The van der Waals surface area contributed by atoms with Gasteiger partial charge in [0.1, 0.15) is 6.04 Å². The number of piperazine rings is 1. The normalized spacial score (nSPS) is 22.0. The van der Waals surface area contributed by atoms with Crippen LogP contribution in [0.15, 0.2) is 53.1 Å². The van der Waals surface area contributed by atoms with E-state index in [4.69, 9.17) is 0 Å². The molecule has 2 saturated heterocycles. The van der Waals surface area contributed by atoms with E-state index in [1.807, 2.05) is 52.3 Å². The van der Waals surface area contributed by atoms with Gasteiger partial charge in [-0.25, -0.2) is 10.9 Å². The summed E-state index contributed by atoms with van der Waals surface area (Å²) in [6.07, 6.45) is 2.79. The zero-order chi connectivity index (χ0) is 20.2. The van der Waals surface area contributed by atoms with Crippen LogP contribution < -0.4 is 10.9 Å². The van der Waals surface area contributed by atoms with Crippen LogP contribution in [0.1, 0.15) is 23.7 Å². The van der Waals surface area contributed by atoms with E-state index in [0.717, 1.165) is 15.7 Å². The van der Waals surface area contributed by atoms with Crippen LogP contribution in [0.2, 0.25) is 0 Å². The lowest BCUT2D eigenvalue weighted by atomic mass is 10.1. The van der Waals surface area contributed by atoms with Crippen LogP contribution in [0.25, 0.3) is 0 Å². The summed E-state index contributed by atoms with van der Waals surface area (Å²) >= 11 is 3.50. The van der Waals surface area contributed by atoms with Crippen molar-refractivity contribution in [3.05, 3.63) is 64.4 Å². The third-order valence-electron chi connectivity index (χ3n) is 5.49. The number of hydrogen-bond acceptors (Lipinski definition) is 5. The molecule has 2 atom stereocenters. The summed E-state index contributed by atoms with van der Waals surface area (Å²) < 4.78 is 0.949. The Morgan fingerprint density at radius 3 is 2.45 bits per heavy atom. The Labute approximate surface area is 178 Å². The minimum atomic E-state index is -0.274. The van der Waals surface area contributed by atoms with Crippen LogP contribution >= 0.6 is 15.9 Å². The van der Waals surface area contributed by atoms with Gasteiger partial charge in [-0.2, -0.15) is 0 Å². The molecule has 29 heavy (non-hydrogen) atoms. The van der Waals surface area contributed by atoms with Gasteiger partial charge < -0.3 is 9.80 Å². The molecule has 3 heterocycles. The number of nitrogens with one attached hydrogen (secondary N) is 2. The summed E-state index contributed by atoms with van der Waals surface area (Å²) in [5.74, 6) is 0.175. The van der Waals surface area contributed by atoms with Crippen molar-refractivity contribution in [1.82, 2.24) is 25.6 Å². The summed E-state index contributed by atoms with van der Waals surface area (Å²) in [5, 5.41) is 0. The van der Waals surface area contributed by atoms with E-state index in [-0.39, 0.29) is 23.9 Å². The average Bonchev–Trinajstić information content (AvgIpc) is 3.26. The molecule has 1 aromatic carbocycles. The predicted molar refractivity (Wildman–Crippen MR) is 113 cm³/mol. The molecule has 152 valence electrons. The van der Waals surface area contributed by atoms with Gasteiger partial charge in [0.05, 0.1) is 18.2 Å². The lowest BCUT2D eigenvalue weighted by Gasteiger charge is -2.36. The van der Waals surface area contributed by atoms with Crippen molar-refractivity contribution in [2.24, 2.45) is 0 Å². The van der Waals surface area contributed by atoms with Gasteiger partial charge in [0.25, 0.3) is 0 Å². The third-order valence-corrected chi connectivity index (χ3v) is 6.26. The van der Waals surface area contributed by atoms with Crippen molar-refractivity contribution in [3.8, 4) is 0 Å². The number of halogens is 1. The molecule has 0 radical (unpaired) electrons. The van der Waals surface area contributed by atoms with E-state index in [2.05, 4.69) is 31.8 Å². The zero-order valence-electron chi connectivity index (χ0n) is 16.1. The van der Waals surface area contributed by atoms with Gasteiger partial charge in [0, 0.05) is 36.8 Å². The van der Waals surface area contributed by atoms with E-state index in [0.29, 0.717) is 39.0 Å². The van der Waals surface area contributed by atoms with Crippen molar-refractivity contribution in [2.45, 2.75) is 24.9 Å². The monoisotopic (exact) mass is 457 g/mol. The highest BCUT2D eigenvalue weighted by atomic mass is 79.9. The highest BCUT2D eigenvalue weighted by molar-refractivity contribution is 9.10. The van der Waals surface area contributed by atoms with Gasteiger partial charge in [-0.3, -0.25) is 14.6 Å². The molecule has 0 saturated carbocycles. The molecular formula is C21H24BrN5O2. The maximum absolute atomic E-state index is 12.9. The van der Waals surface area contributed by atoms with Crippen LogP contribution in [0.4, 0.5) is 0 Å². The van der Waals surface area contributed by atoms with E-state index in [9.17, 15) is 9.59 Å². The van der Waals surface area contributed by atoms with Crippen molar-refractivity contribution in [2.75, 3.05) is 26.2 Å². The number of rotatable bonds is 4. The largest absolute Gasteiger partial charge is 0.339 e. The second-order valence-corrected chi connectivity index (χ2v) is 8.21. The molecule has 2 N–H and O–H groups in total. The fraction of sp³-hybridized carbons (Fsp3) is 0.381. The SMILES string of the molecule is O=C(Cc1ccccc1Br)N1CCN(C(=O)C2CC(c3ccccn3)NN2)CC1. The van der Waals surface area contributed by atoms with E-state index in [1.54, 1.807) is 6.20 Å². The van der Waals surface area contributed by atoms with Crippen molar-refractivity contribution < 1.29 is 9.59 Å². The first-order valence-electron chi connectivity index (χ1n) is 9.84.